The highest BCUT2D eigenvalue weighted by molar-refractivity contribution is 6.32. The Bertz CT molecular complexity index is 223. The van der Waals surface area contributed by atoms with Gasteiger partial charge in [0.25, 0.3) is 0 Å². The molecular formula is C8H13ClN2. The number of halogens is 1. The van der Waals surface area contributed by atoms with E-state index in [0.29, 0.717) is 10.8 Å². The lowest BCUT2D eigenvalue weighted by Crippen LogP contribution is -1.90. The fourth-order valence-electron chi connectivity index (χ4n) is 0.544. The van der Waals surface area contributed by atoms with Crippen molar-refractivity contribution in [2.45, 2.75) is 20.8 Å². The summed E-state index contributed by atoms with van der Waals surface area (Å²) in [7, 11) is 0. The summed E-state index contributed by atoms with van der Waals surface area (Å²) in [5, 5.41) is 0.523. The summed E-state index contributed by atoms with van der Waals surface area (Å²) < 4.78 is 0. The van der Waals surface area contributed by atoms with Gasteiger partial charge in [-0.2, -0.15) is 0 Å². The van der Waals surface area contributed by atoms with E-state index in [1.54, 1.807) is 12.3 Å². The summed E-state index contributed by atoms with van der Waals surface area (Å²) >= 11 is 5.63. The number of pyridine rings is 1. The van der Waals surface area contributed by atoms with Crippen LogP contribution in [0.5, 0.6) is 0 Å². The summed E-state index contributed by atoms with van der Waals surface area (Å²) in [5.41, 5.74) is 6.37. The van der Waals surface area contributed by atoms with E-state index in [2.05, 4.69) is 4.98 Å². The van der Waals surface area contributed by atoms with Gasteiger partial charge in [-0.05, 0) is 18.6 Å². The molecule has 0 atom stereocenters. The molecule has 1 aromatic rings. The molecule has 0 aromatic carbocycles. The number of aromatic nitrogens is 1. The first-order valence-electron chi connectivity index (χ1n) is 3.58. The Hall–Kier alpha value is -0.760. The fourth-order valence-corrected chi connectivity index (χ4v) is 0.765. The average Bonchev–Trinajstić information content (AvgIpc) is 2.02. The monoisotopic (exact) mass is 172 g/mol. The van der Waals surface area contributed by atoms with E-state index in [1.165, 1.54) is 0 Å². The maximum Gasteiger partial charge on any atom is 0.142 e. The molecular weight excluding hydrogens is 160 g/mol. The second-order valence-electron chi connectivity index (χ2n) is 1.88. The zero-order valence-electron chi connectivity index (χ0n) is 7.06. The smallest absolute Gasteiger partial charge is 0.142 e. The third-order valence-electron chi connectivity index (χ3n) is 1.01. The molecule has 0 unspecified atom stereocenters. The summed E-state index contributed by atoms with van der Waals surface area (Å²) in [6, 6.07) is 1.78. The SMILES string of the molecule is CC.Cc1cnc(N)c(Cl)c1. The molecule has 2 nitrogen and oxygen atoms in total. The molecule has 0 spiro atoms. The molecule has 1 rings (SSSR count). The molecule has 1 aromatic heterocycles. The quantitative estimate of drug-likeness (QED) is 0.654. The first kappa shape index (κ1) is 10.2. The maximum atomic E-state index is 5.63. The van der Waals surface area contributed by atoms with Gasteiger partial charge in [-0.25, -0.2) is 4.98 Å². The van der Waals surface area contributed by atoms with Crippen LogP contribution in [0.3, 0.4) is 0 Å². The summed E-state index contributed by atoms with van der Waals surface area (Å²) in [6.07, 6.45) is 1.68. The van der Waals surface area contributed by atoms with Crippen LogP contribution in [0.1, 0.15) is 19.4 Å². The minimum Gasteiger partial charge on any atom is -0.382 e. The van der Waals surface area contributed by atoms with Crippen molar-refractivity contribution in [2.24, 2.45) is 0 Å². The van der Waals surface area contributed by atoms with Gasteiger partial charge in [-0.15, -0.1) is 0 Å². The number of nitrogens with two attached hydrogens (primary N) is 1. The van der Waals surface area contributed by atoms with Crippen LogP contribution in [0.25, 0.3) is 0 Å². The second kappa shape index (κ2) is 4.97. The van der Waals surface area contributed by atoms with Gasteiger partial charge in [-0.3, -0.25) is 0 Å². The predicted octanol–water partition coefficient (Wildman–Crippen LogP) is 2.65. The largest absolute Gasteiger partial charge is 0.382 e. The highest BCUT2D eigenvalue weighted by Crippen LogP contribution is 2.15. The topological polar surface area (TPSA) is 38.9 Å². The normalized spacial score (nSPS) is 8.36. The van der Waals surface area contributed by atoms with Crippen LogP contribution in [0.15, 0.2) is 12.3 Å². The predicted molar refractivity (Wildman–Crippen MR) is 49.7 cm³/mol. The molecule has 3 heteroatoms. The van der Waals surface area contributed by atoms with Gasteiger partial charge in [0.2, 0.25) is 0 Å². The number of aryl methyl sites for hydroxylation is 1. The van der Waals surface area contributed by atoms with Crippen molar-refractivity contribution in [3.8, 4) is 0 Å². The first-order valence-corrected chi connectivity index (χ1v) is 3.95. The van der Waals surface area contributed by atoms with Crippen molar-refractivity contribution in [3.05, 3.63) is 22.8 Å². The zero-order valence-corrected chi connectivity index (χ0v) is 7.81. The zero-order chi connectivity index (χ0) is 8.85. The molecule has 0 radical (unpaired) electrons. The molecule has 11 heavy (non-hydrogen) atoms. The second-order valence-corrected chi connectivity index (χ2v) is 2.29. The van der Waals surface area contributed by atoms with Gasteiger partial charge in [-0.1, -0.05) is 25.4 Å². The van der Waals surface area contributed by atoms with Crippen LogP contribution < -0.4 is 5.73 Å². The Kier molecular flexibility index (Phi) is 4.62. The Morgan fingerprint density at radius 3 is 2.36 bits per heavy atom. The lowest BCUT2D eigenvalue weighted by Gasteiger charge is -1.95. The van der Waals surface area contributed by atoms with Crippen molar-refractivity contribution in [3.63, 3.8) is 0 Å². The van der Waals surface area contributed by atoms with Crippen molar-refractivity contribution < 1.29 is 0 Å². The molecule has 0 fully saturated rings. The highest BCUT2D eigenvalue weighted by Gasteiger charge is 1.93. The molecule has 0 aliphatic carbocycles. The van der Waals surface area contributed by atoms with Gasteiger partial charge in [0, 0.05) is 6.20 Å². The highest BCUT2D eigenvalue weighted by atomic mass is 35.5. The molecule has 0 aliphatic rings. The van der Waals surface area contributed by atoms with Crippen molar-refractivity contribution >= 4 is 17.4 Å². The van der Waals surface area contributed by atoms with Crippen LogP contribution in [-0.4, -0.2) is 4.98 Å². The van der Waals surface area contributed by atoms with Gasteiger partial charge >= 0.3 is 0 Å². The Balaban J connectivity index is 0.000000461. The van der Waals surface area contributed by atoms with Crippen LogP contribution in [-0.2, 0) is 0 Å². The Labute approximate surface area is 72.4 Å². The number of nitrogen functional groups attached to an aromatic ring is 1. The number of anilines is 1. The van der Waals surface area contributed by atoms with Crippen molar-refractivity contribution in [2.75, 3.05) is 5.73 Å². The summed E-state index contributed by atoms with van der Waals surface area (Å²) in [4.78, 5) is 3.82. The van der Waals surface area contributed by atoms with Crippen LogP contribution >= 0.6 is 11.6 Å². The van der Waals surface area contributed by atoms with E-state index in [4.69, 9.17) is 17.3 Å². The number of nitrogens with zero attached hydrogens (tertiary/aromatic N) is 1. The molecule has 62 valence electrons. The molecule has 1 heterocycles. The molecule has 0 saturated heterocycles. The van der Waals surface area contributed by atoms with Gasteiger partial charge in [0.1, 0.15) is 5.82 Å². The van der Waals surface area contributed by atoms with Crippen molar-refractivity contribution in [1.82, 2.24) is 4.98 Å². The summed E-state index contributed by atoms with van der Waals surface area (Å²) in [5.74, 6) is 0.391. The van der Waals surface area contributed by atoms with Crippen LogP contribution in [0.2, 0.25) is 5.02 Å². The van der Waals surface area contributed by atoms with Crippen molar-refractivity contribution in [1.29, 1.82) is 0 Å². The molecule has 0 aliphatic heterocycles. The molecule has 0 amide bonds. The number of hydrogen-bond acceptors (Lipinski definition) is 2. The third kappa shape index (κ3) is 3.23. The molecule has 2 N–H and O–H groups in total. The Morgan fingerprint density at radius 1 is 1.45 bits per heavy atom. The van der Waals surface area contributed by atoms with Crippen LogP contribution in [0, 0.1) is 6.92 Å². The lowest BCUT2D eigenvalue weighted by atomic mass is 10.3. The van der Waals surface area contributed by atoms with E-state index in [9.17, 15) is 0 Å². The standard InChI is InChI=1S/C6H7ClN2.C2H6/c1-4-2-5(7)6(8)9-3-4;1-2/h2-3H,1H3,(H2,8,9);1-2H3. The molecule has 0 bridgehead atoms. The maximum absolute atomic E-state index is 5.63. The van der Waals surface area contributed by atoms with E-state index in [-0.39, 0.29) is 0 Å². The fraction of sp³-hybridized carbons (Fsp3) is 0.375. The van der Waals surface area contributed by atoms with E-state index >= 15 is 0 Å². The van der Waals surface area contributed by atoms with E-state index in [1.807, 2.05) is 20.8 Å². The minimum atomic E-state index is 0.391. The van der Waals surface area contributed by atoms with E-state index < -0.39 is 0 Å². The molecule has 0 saturated carbocycles. The van der Waals surface area contributed by atoms with Crippen LogP contribution in [0.4, 0.5) is 5.82 Å². The average molecular weight is 173 g/mol. The minimum absolute atomic E-state index is 0.391. The third-order valence-corrected chi connectivity index (χ3v) is 1.31. The summed E-state index contributed by atoms with van der Waals surface area (Å²) in [6.45, 7) is 5.92. The first-order chi connectivity index (χ1) is 5.20. The Morgan fingerprint density at radius 2 is 2.00 bits per heavy atom. The number of rotatable bonds is 0. The van der Waals surface area contributed by atoms with Gasteiger partial charge in [0.15, 0.2) is 0 Å². The number of hydrogen-bond donors (Lipinski definition) is 1. The van der Waals surface area contributed by atoms with Gasteiger partial charge in [0.05, 0.1) is 5.02 Å². The lowest BCUT2D eigenvalue weighted by molar-refractivity contribution is 1.28. The van der Waals surface area contributed by atoms with Gasteiger partial charge < -0.3 is 5.73 Å². The van der Waals surface area contributed by atoms with E-state index in [0.717, 1.165) is 5.56 Å².